The van der Waals surface area contributed by atoms with Crippen molar-refractivity contribution in [3.8, 4) is 5.75 Å². The lowest BCUT2D eigenvalue weighted by Crippen LogP contribution is -2.30. The van der Waals surface area contributed by atoms with E-state index in [0.29, 0.717) is 5.75 Å². The molecule has 1 amide bonds. The van der Waals surface area contributed by atoms with Crippen LogP contribution in [0.25, 0.3) is 0 Å². The second-order valence-electron chi connectivity index (χ2n) is 3.30. The maximum atomic E-state index is 10.8. The number of benzene rings is 1. The van der Waals surface area contributed by atoms with Crippen LogP contribution in [0.5, 0.6) is 5.75 Å². The van der Waals surface area contributed by atoms with E-state index in [2.05, 4.69) is 5.32 Å². The molecule has 0 spiro atoms. The molecule has 5 heteroatoms. The molecule has 16 heavy (non-hydrogen) atoms. The topological polar surface area (TPSA) is 75.6 Å². The highest BCUT2D eigenvalue weighted by Crippen LogP contribution is 2.19. The SMILES string of the molecule is COc1cc(C)ccc1CNC(=O)C(=O)O. The fourth-order valence-corrected chi connectivity index (χ4v) is 1.25. The molecule has 0 fully saturated rings. The van der Waals surface area contributed by atoms with E-state index in [1.807, 2.05) is 19.1 Å². The molecule has 1 aromatic rings. The highest BCUT2D eigenvalue weighted by molar-refractivity contribution is 6.31. The predicted molar refractivity (Wildman–Crippen MR) is 57.2 cm³/mol. The Morgan fingerprint density at radius 3 is 2.69 bits per heavy atom. The van der Waals surface area contributed by atoms with Crippen molar-refractivity contribution in [2.24, 2.45) is 0 Å². The smallest absolute Gasteiger partial charge is 0.394 e. The van der Waals surface area contributed by atoms with Crippen molar-refractivity contribution in [3.05, 3.63) is 29.3 Å². The van der Waals surface area contributed by atoms with Gasteiger partial charge in [-0.25, -0.2) is 4.79 Å². The largest absolute Gasteiger partial charge is 0.496 e. The van der Waals surface area contributed by atoms with Gasteiger partial charge < -0.3 is 15.2 Å². The molecule has 0 atom stereocenters. The molecule has 0 heterocycles. The summed E-state index contributed by atoms with van der Waals surface area (Å²) in [5, 5.41) is 10.7. The van der Waals surface area contributed by atoms with Crippen LogP contribution in [0.4, 0.5) is 0 Å². The number of carboxylic acid groups (broad SMARTS) is 1. The van der Waals surface area contributed by atoms with Crippen LogP contribution in [0.2, 0.25) is 0 Å². The molecule has 0 unspecified atom stereocenters. The van der Waals surface area contributed by atoms with E-state index in [1.54, 1.807) is 6.07 Å². The number of amides is 1. The van der Waals surface area contributed by atoms with Gasteiger partial charge in [-0.2, -0.15) is 0 Å². The standard InChI is InChI=1S/C11H13NO4/c1-7-3-4-8(9(5-7)16-2)6-12-10(13)11(14)15/h3-5H,6H2,1-2H3,(H,12,13)(H,14,15). The summed E-state index contributed by atoms with van der Waals surface area (Å²) in [6.45, 7) is 2.05. The number of hydrogen-bond donors (Lipinski definition) is 2. The van der Waals surface area contributed by atoms with Gasteiger partial charge in [0, 0.05) is 12.1 Å². The Kier molecular flexibility index (Phi) is 3.88. The van der Waals surface area contributed by atoms with E-state index in [0.717, 1.165) is 11.1 Å². The molecule has 0 aliphatic carbocycles. The maximum Gasteiger partial charge on any atom is 0.394 e. The van der Waals surface area contributed by atoms with Crippen LogP contribution in [0.3, 0.4) is 0 Å². The Balaban J connectivity index is 2.74. The average molecular weight is 223 g/mol. The molecular formula is C11H13NO4. The first-order chi connectivity index (χ1) is 7.54. The Morgan fingerprint density at radius 2 is 2.12 bits per heavy atom. The number of rotatable bonds is 3. The third kappa shape index (κ3) is 2.98. The molecule has 1 aromatic carbocycles. The Morgan fingerprint density at radius 1 is 1.44 bits per heavy atom. The summed E-state index contributed by atoms with van der Waals surface area (Å²) in [5.74, 6) is -1.89. The fourth-order valence-electron chi connectivity index (χ4n) is 1.25. The van der Waals surface area contributed by atoms with Crippen LogP contribution < -0.4 is 10.1 Å². The van der Waals surface area contributed by atoms with Crippen molar-refractivity contribution in [2.75, 3.05) is 7.11 Å². The Labute approximate surface area is 93.0 Å². The van der Waals surface area contributed by atoms with E-state index < -0.39 is 11.9 Å². The van der Waals surface area contributed by atoms with E-state index in [1.165, 1.54) is 7.11 Å². The molecule has 0 radical (unpaired) electrons. The molecule has 86 valence electrons. The zero-order chi connectivity index (χ0) is 12.1. The first kappa shape index (κ1) is 12.0. The number of carbonyl (C=O) groups excluding carboxylic acids is 1. The first-order valence-electron chi connectivity index (χ1n) is 4.69. The van der Waals surface area contributed by atoms with E-state index in [4.69, 9.17) is 9.84 Å². The monoisotopic (exact) mass is 223 g/mol. The van der Waals surface area contributed by atoms with Gasteiger partial charge in [-0.1, -0.05) is 12.1 Å². The minimum absolute atomic E-state index is 0.134. The molecular weight excluding hydrogens is 210 g/mol. The van der Waals surface area contributed by atoms with Crippen molar-refractivity contribution in [1.29, 1.82) is 0 Å². The van der Waals surface area contributed by atoms with Crippen molar-refractivity contribution in [1.82, 2.24) is 5.32 Å². The fraction of sp³-hybridized carbons (Fsp3) is 0.273. The minimum Gasteiger partial charge on any atom is -0.496 e. The molecule has 0 bridgehead atoms. The van der Waals surface area contributed by atoms with Gasteiger partial charge in [0.1, 0.15) is 5.75 Å². The average Bonchev–Trinajstić information content (AvgIpc) is 2.26. The summed E-state index contributed by atoms with van der Waals surface area (Å²) in [6, 6.07) is 5.48. The van der Waals surface area contributed by atoms with Gasteiger partial charge in [-0.15, -0.1) is 0 Å². The van der Waals surface area contributed by atoms with Crippen LogP contribution >= 0.6 is 0 Å². The van der Waals surface area contributed by atoms with Crippen molar-refractivity contribution in [3.63, 3.8) is 0 Å². The third-order valence-electron chi connectivity index (χ3n) is 2.08. The Hall–Kier alpha value is -2.04. The van der Waals surface area contributed by atoms with E-state index in [-0.39, 0.29) is 6.54 Å². The summed E-state index contributed by atoms with van der Waals surface area (Å²) in [4.78, 5) is 21.1. The molecule has 1 rings (SSSR count). The number of hydrogen-bond acceptors (Lipinski definition) is 3. The molecule has 0 aliphatic rings. The Bertz CT molecular complexity index is 414. The minimum atomic E-state index is -1.49. The van der Waals surface area contributed by atoms with E-state index in [9.17, 15) is 9.59 Å². The summed E-state index contributed by atoms with van der Waals surface area (Å²) in [7, 11) is 1.53. The van der Waals surface area contributed by atoms with Gasteiger partial charge in [0.15, 0.2) is 0 Å². The summed E-state index contributed by atoms with van der Waals surface area (Å²) in [5.41, 5.74) is 1.77. The number of carboxylic acids is 1. The third-order valence-corrected chi connectivity index (χ3v) is 2.08. The predicted octanol–water partition coefficient (Wildman–Crippen LogP) is 0.704. The van der Waals surface area contributed by atoms with Gasteiger partial charge in [0.05, 0.1) is 7.11 Å². The lowest BCUT2D eigenvalue weighted by atomic mass is 10.1. The van der Waals surface area contributed by atoms with Crippen LogP contribution in [-0.4, -0.2) is 24.1 Å². The lowest BCUT2D eigenvalue weighted by Gasteiger charge is -2.09. The highest BCUT2D eigenvalue weighted by Gasteiger charge is 2.11. The van der Waals surface area contributed by atoms with Crippen LogP contribution in [-0.2, 0) is 16.1 Å². The molecule has 0 saturated carbocycles. The second kappa shape index (κ2) is 5.16. The van der Waals surface area contributed by atoms with Crippen LogP contribution in [0.1, 0.15) is 11.1 Å². The molecule has 0 aliphatic heterocycles. The van der Waals surface area contributed by atoms with Gasteiger partial charge in [0.2, 0.25) is 0 Å². The normalized spacial score (nSPS) is 9.62. The van der Waals surface area contributed by atoms with E-state index >= 15 is 0 Å². The van der Waals surface area contributed by atoms with Gasteiger partial charge >= 0.3 is 11.9 Å². The van der Waals surface area contributed by atoms with Crippen LogP contribution in [0.15, 0.2) is 18.2 Å². The second-order valence-corrected chi connectivity index (χ2v) is 3.30. The quantitative estimate of drug-likeness (QED) is 0.740. The molecule has 5 nitrogen and oxygen atoms in total. The zero-order valence-electron chi connectivity index (χ0n) is 9.11. The summed E-state index contributed by atoms with van der Waals surface area (Å²) in [6.07, 6.45) is 0. The molecule has 0 aromatic heterocycles. The van der Waals surface area contributed by atoms with Crippen molar-refractivity contribution >= 4 is 11.9 Å². The zero-order valence-corrected chi connectivity index (χ0v) is 9.11. The van der Waals surface area contributed by atoms with Crippen molar-refractivity contribution in [2.45, 2.75) is 13.5 Å². The summed E-state index contributed by atoms with van der Waals surface area (Å²) < 4.78 is 5.12. The molecule has 0 saturated heterocycles. The number of aliphatic carboxylic acids is 1. The molecule has 2 N–H and O–H groups in total. The highest BCUT2D eigenvalue weighted by atomic mass is 16.5. The number of nitrogens with one attached hydrogen (secondary N) is 1. The van der Waals surface area contributed by atoms with Gasteiger partial charge in [-0.05, 0) is 18.6 Å². The van der Waals surface area contributed by atoms with Crippen molar-refractivity contribution < 1.29 is 19.4 Å². The first-order valence-corrected chi connectivity index (χ1v) is 4.69. The van der Waals surface area contributed by atoms with Crippen LogP contribution in [0, 0.1) is 6.92 Å². The summed E-state index contributed by atoms with van der Waals surface area (Å²) >= 11 is 0. The number of ether oxygens (including phenoxy) is 1. The van der Waals surface area contributed by atoms with Gasteiger partial charge in [-0.3, -0.25) is 4.79 Å². The lowest BCUT2D eigenvalue weighted by molar-refractivity contribution is -0.150. The maximum absolute atomic E-state index is 10.8. The number of aryl methyl sites for hydroxylation is 1. The van der Waals surface area contributed by atoms with Gasteiger partial charge in [0.25, 0.3) is 0 Å². The number of methoxy groups -OCH3 is 1. The number of carbonyl (C=O) groups is 2.